The van der Waals surface area contributed by atoms with Gasteiger partial charge in [-0.25, -0.2) is 4.98 Å². The Morgan fingerprint density at radius 3 is 2.50 bits per heavy atom. The lowest BCUT2D eigenvalue weighted by molar-refractivity contribution is 0.322. The Morgan fingerprint density at radius 1 is 1.09 bits per heavy atom. The molecule has 0 aliphatic carbocycles. The first-order valence-electron chi connectivity index (χ1n) is 6.62. The Morgan fingerprint density at radius 2 is 1.86 bits per heavy atom. The van der Waals surface area contributed by atoms with Crippen LogP contribution in [0.25, 0.3) is 0 Å². The van der Waals surface area contributed by atoms with Crippen LogP contribution in [0.3, 0.4) is 0 Å². The summed E-state index contributed by atoms with van der Waals surface area (Å²) < 4.78 is 16.0. The van der Waals surface area contributed by atoms with Gasteiger partial charge in [-0.1, -0.05) is 0 Å². The highest BCUT2D eigenvalue weighted by molar-refractivity contribution is 5.57. The minimum Gasteiger partial charge on any atom is -0.493 e. The number of pyridine rings is 1. The minimum atomic E-state index is 0.440. The number of benzene rings is 1. The second-order valence-electron chi connectivity index (χ2n) is 4.36. The molecule has 0 saturated carbocycles. The highest BCUT2D eigenvalue weighted by atomic mass is 16.5. The summed E-state index contributed by atoms with van der Waals surface area (Å²) in [6, 6.07) is 9.22. The predicted octanol–water partition coefficient (Wildman–Crippen LogP) is 2.59. The number of nitrogens with zero attached hydrogens (tertiary/aromatic N) is 2. The van der Waals surface area contributed by atoms with Gasteiger partial charge in [-0.05, 0) is 24.3 Å². The molecule has 0 aliphatic heterocycles. The zero-order valence-corrected chi connectivity index (χ0v) is 12.7. The van der Waals surface area contributed by atoms with E-state index in [1.54, 1.807) is 39.7 Å². The average molecular weight is 299 g/mol. The summed E-state index contributed by atoms with van der Waals surface area (Å²) >= 11 is 0. The van der Waals surface area contributed by atoms with Gasteiger partial charge in [0.25, 0.3) is 0 Å². The quantitative estimate of drug-likeness (QED) is 0.883. The highest BCUT2D eigenvalue weighted by Gasteiger charge is 2.16. The van der Waals surface area contributed by atoms with E-state index in [0.717, 1.165) is 5.56 Å². The van der Waals surface area contributed by atoms with Crippen LogP contribution in [0.4, 0.5) is 5.82 Å². The van der Waals surface area contributed by atoms with Crippen LogP contribution in [0, 0.1) is 11.3 Å². The minimum absolute atomic E-state index is 0.440. The van der Waals surface area contributed by atoms with Gasteiger partial charge < -0.3 is 19.5 Å². The standard InChI is InChI=1S/C16H17N3O3/c1-20-13-7-6-12(14(21-2)15(13)22-3)10-19-16-11(9-17)5-4-8-18-16/h4-8H,10H2,1-3H3,(H,18,19). The van der Waals surface area contributed by atoms with Crippen molar-refractivity contribution >= 4 is 5.82 Å². The fraction of sp³-hybridized carbons (Fsp3) is 0.250. The Labute approximate surface area is 129 Å². The van der Waals surface area contributed by atoms with Crippen molar-refractivity contribution in [2.24, 2.45) is 0 Å². The number of ether oxygens (including phenoxy) is 3. The van der Waals surface area contributed by atoms with Gasteiger partial charge in [-0.3, -0.25) is 0 Å². The van der Waals surface area contributed by atoms with Crippen molar-refractivity contribution in [1.82, 2.24) is 4.98 Å². The molecule has 1 aromatic heterocycles. The molecule has 0 spiro atoms. The summed E-state index contributed by atoms with van der Waals surface area (Å²) in [5.41, 5.74) is 1.36. The van der Waals surface area contributed by atoms with Gasteiger partial charge in [-0.2, -0.15) is 5.26 Å². The Kier molecular flexibility index (Phi) is 5.04. The van der Waals surface area contributed by atoms with Crippen molar-refractivity contribution in [1.29, 1.82) is 5.26 Å². The van der Waals surface area contributed by atoms with Crippen molar-refractivity contribution in [3.8, 4) is 23.3 Å². The zero-order chi connectivity index (χ0) is 15.9. The second kappa shape index (κ2) is 7.18. The van der Waals surface area contributed by atoms with E-state index in [-0.39, 0.29) is 0 Å². The fourth-order valence-electron chi connectivity index (χ4n) is 2.12. The van der Waals surface area contributed by atoms with Crippen molar-refractivity contribution in [3.63, 3.8) is 0 Å². The van der Waals surface area contributed by atoms with E-state index in [1.165, 1.54) is 0 Å². The largest absolute Gasteiger partial charge is 0.493 e. The SMILES string of the molecule is COc1ccc(CNc2ncccc2C#N)c(OC)c1OC. The lowest BCUT2D eigenvalue weighted by Crippen LogP contribution is -2.06. The monoisotopic (exact) mass is 299 g/mol. The number of hydrogen-bond acceptors (Lipinski definition) is 6. The molecule has 0 atom stereocenters. The third-order valence-electron chi connectivity index (χ3n) is 3.16. The predicted molar refractivity (Wildman–Crippen MR) is 82.4 cm³/mol. The summed E-state index contributed by atoms with van der Waals surface area (Å²) in [5.74, 6) is 2.25. The summed E-state index contributed by atoms with van der Waals surface area (Å²) in [4.78, 5) is 4.17. The molecule has 114 valence electrons. The molecule has 0 saturated heterocycles. The van der Waals surface area contributed by atoms with Gasteiger partial charge >= 0.3 is 0 Å². The summed E-state index contributed by atoms with van der Waals surface area (Å²) in [7, 11) is 4.70. The van der Waals surface area contributed by atoms with E-state index < -0.39 is 0 Å². The lowest BCUT2D eigenvalue weighted by Gasteiger charge is -2.16. The first kappa shape index (κ1) is 15.4. The van der Waals surface area contributed by atoms with Gasteiger partial charge in [0.2, 0.25) is 5.75 Å². The van der Waals surface area contributed by atoms with Crippen LogP contribution in [-0.2, 0) is 6.54 Å². The van der Waals surface area contributed by atoms with E-state index >= 15 is 0 Å². The first-order valence-corrected chi connectivity index (χ1v) is 6.62. The maximum absolute atomic E-state index is 9.08. The maximum Gasteiger partial charge on any atom is 0.203 e. The van der Waals surface area contributed by atoms with Crippen molar-refractivity contribution in [2.45, 2.75) is 6.54 Å². The van der Waals surface area contributed by atoms with Gasteiger partial charge in [-0.15, -0.1) is 0 Å². The summed E-state index contributed by atoms with van der Waals surface area (Å²) in [6.45, 7) is 0.440. The van der Waals surface area contributed by atoms with Crippen molar-refractivity contribution in [2.75, 3.05) is 26.6 Å². The number of rotatable bonds is 6. The Balaban J connectivity index is 2.28. The van der Waals surface area contributed by atoms with Gasteiger partial charge in [0.15, 0.2) is 11.5 Å². The normalized spacial score (nSPS) is 9.73. The zero-order valence-electron chi connectivity index (χ0n) is 12.7. The van der Waals surface area contributed by atoms with Crippen molar-refractivity contribution < 1.29 is 14.2 Å². The number of nitrogens with one attached hydrogen (secondary N) is 1. The lowest BCUT2D eigenvalue weighted by atomic mass is 10.1. The number of nitriles is 1. The van der Waals surface area contributed by atoms with E-state index in [9.17, 15) is 0 Å². The van der Waals surface area contributed by atoms with E-state index in [1.807, 2.05) is 12.1 Å². The maximum atomic E-state index is 9.08. The molecule has 2 rings (SSSR count). The molecular formula is C16H17N3O3. The van der Waals surface area contributed by atoms with Crippen LogP contribution in [0.15, 0.2) is 30.5 Å². The second-order valence-corrected chi connectivity index (χ2v) is 4.36. The molecule has 0 bridgehead atoms. The highest BCUT2D eigenvalue weighted by Crippen LogP contribution is 2.39. The molecule has 0 radical (unpaired) electrons. The molecule has 0 amide bonds. The van der Waals surface area contributed by atoms with Crippen LogP contribution >= 0.6 is 0 Å². The molecule has 0 unspecified atom stereocenters. The van der Waals surface area contributed by atoms with Crippen LogP contribution < -0.4 is 19.5 Å². The molecule has 1 heterocycles. The average Bonchev–Trinajstić information content (AvgIpc) is 2.58. The summed E-state index contributed by atoms with van der Waals surface area (Å²) in [5, 5.41) is 12.2. The molecule has 22 heavy (non-hydrogen) atoms. The van der Waals surface area contributed by atoms with Gasteiger partial charge in [0, 0.05) is 18.3 Å². The molecule has 6 heteroatoms. The van der Waals surface area contributed by atoms with E-state index in [0.29, 0.717) is 35.2 Å². The molecule has 2 aromatic rings. The molecule has 6 nitrogen and oxygen atoms in total. The first-order chi connectivity index (χ1) is 10.7. The number of aromatic nitrogens is 1. The van der Waals surface area contributed by atoms with Crippen LogP contribution in [-0.4, -0.2) is 26.3 Å². The third kappa shape index (κ3) is 3.04. The summed E-state index contributed by atoms with van der Waals surface area (Å²) in [6.07, 6.45) is 1.63. The fourth-order valence-corrected chi connectivity index (χ4v) is 2.12. The molecule has 0 aliphatic rings. The third-order valence-corrected chi connectivity index (χ3v) is 3.16. The molecule has 0 fully saturated rings. The number of anilines is 1. The van der Waals surface area contributed by atoms with E-state index in [2.05, 4.69) is 16.4 Å². The Hall–Kier alpha value is -2.94. The number of hydrogen-bond donors (Lipinski definition) is 1. The Bertz CT molecular complexity index is 696. The molecule has 1 aromatic carbocycles. The van der Waals surface area contributed by atoms with Crippen molar-refractivity contribution in [3.05, 3.63) is 41.6 Å². The smallest absolute Gasteiger partial charge is 0.203 e. The topological polar surface area (TPSA) is 76.4 Å². The molecule has 1 N–H and O–H groups in total. The molecular weight excluding hydrogens is 282 g/mol. The van der Waals surface area contributed by atoms with Crippen LogP contribution in [0.5, 0.6) is 17.2 Å². The van der Waals surface area contributed by atoms with Gasteiger partial charge in [0.1, 0.15) is 11.9 Å². The van der Waals surface area contributed by atoms with E-state index in [4.69, 9.17) is 19.5 Å². The van der Waals surface area contributed by atoms with Crippen LogP contribution in [0.2, 0.25) is 0 Å². The number of methoxy groups -OCH3 is 3. The van der Waals surface area contributed by atoms with Crippen LogP contribution in [0.1, 0.15) is 11.1 Å². The van der Waals surface area contributed by atoms with Gasteiger partial charge in [0.05, 0.1) is 26.9 Å².